The Morgan fingerprint density at radius 2 is 1.65 bits per heavy atom. The molecule has 0 saturated carbocycles. The average molecular weight is 463 g/mol. The summed E-state index contributed by atoms with van der Waals surface area (Å²) in [6.07, 6.45) is 0.110. The second kappa shape index (κ2) is 10.3. The molecule has 1 heterocycles. The van der Waals surface area contributed by atoms with Crippen LogP contribution in [-0.4, -0.2) is 65.6 Å². The van der Waals surface area contributed by atoms with Gasteiger partial charge in [0.05, 0.1) is 18.0 Å². The fraction of sp³-hybridized carbons (Fsp3) is 0.280. The summed E-state index contributed by atoms with van der Waals surface area (Å²) in [5.74, 6) is -0.648. The van der Waals surface area contributed by atoms with Crippen LogP contribution < -0.4 is 10.2 Å². The summed E-state index contributed by atoms with van der Waals surface area (Å²) in [6, 6.07) is 18.8. The van der Waals surface area contributed by atoms with Crippen molar-refractivity contribution < 1.29 is 19.6 Å². The van der Waals surface area contributed by atoms with E-state index in [1.54, 1.807) is 17.0 Å². The third-order valence-corrected chi connectivity index (χ3v) is 6.06. The maximum atomic E-state index is 13.0. The third kappa shape index (κ3) is 5.15. The van der Waals surface area contributed by atoms with Gasteiger partial charge < -0.3 is 20.2 Å². The Balaban J connectivity index is 1.33. The highest BCUT2D eigenvalue weighted by molar-refractivity contribution is 5.92. The molecule has 1 aliphatic rings. The molecule has 3 aromatic rings. The smallest absolute Gasteiger partial charge is 0.269 e. The summed E-state index contributed by atoms with van der Waals surface area (Å²) < 4.78 is 0. The first-order valence-electron chi connectivity index (χ1n) is 11.1. The molecule has 34 heavy (non-hydrogen) atoms. The standard InChI is InChI=1S/C25H26N4O5/c30-17-23(26-24(31)16-19-6-3-5-18-4-1-2-7-22(18)19)25(32)28-14-12-27(13-15-28)20-8-10-21(11-9-20)29(33)34/h1-11,23,30H,12-17H2,(H,26,31)/t23-/m0/s1. The lowest BCUT2D eigenvalue weighted by Gasteiger charge is -2.37. The average Bonchev–Trinajstić information content (AvgIpc) is 2.87. The molecule has 1 atom stereocenters. The number of nitro benzene ring substituents is 1. The number of fused-ring (bicyclic) bond motifs is 1. The van der Waals surface area contributed by atoms with Gasteiger partial charge in [0, 0.05) is 44.0 Å². The normalized spacial score (nSPS) is 14.6. The summed E-state index contributed by atoms with van der Waals surface area (Å²) in [7, 11) is 0. The Labute approximate surface area is 196 Å². The van der Waals surface area contributed by atoms with Gasteiger partial charge in [-0.05, 0) is 28.5 Å². The number of rotatable bonds is 7. The number of anilines is 1. The Bertz CT molecular complexity index is 1180. The van der Waals surface area contributed by atoms with Gasteiger partial charge in [0.25, 0.3) is 5.69 Å². The molecule has 3 aromatic carbocycles. The molecule has 9 heteroatoms. The minimum atomic E-state index is -1.01. The highest BCUT2D eigenvalue weighted by atomic mass is 16.6. The molecular formula is C25H26N4O5. The summed E-state index contributed by atoms with van der Waals surface area (Å²) in [6.45, 7) is 1.46. The number of benzene rings is 3. The van der Waals surface area contributed by atoms with Crippen LogP contribution in [0, 0.1) is 10.1 Å². The largest absolute Gasteiger partial charge is 0.394 e. The quantitative estimate of drug-likeness (QED) is 0.410. The van der Waals surface area contributed by atoms with Gasteiger partial charge in [-0.2, -0.15) is 0 Å². The lowest BCUT2D eigenvalue weighted by Crippen LogP contribution is -2.56. The van der Waals surface area contributed by atoms with Gasteiger partial charge in [-0.1, -0.05) is 42.5 Å². The van der Waals surface area contributed by atoms with Gasteiger partial charge in [-0.15, -0.1) is 0 Å². The predicted octanol–water partition coefficient (Wildman–Crippen LogP) is 2.12. The molecule has 0 aliphatic carbocycles. The van der Waals surface area contributed by atoms with E-state index in [4.69, 9.17) is 0 Å². The van der Waals surface area contributed by atoms with Crippen LogP contribution in [-0.2, 0) is 16.0 Å². The van der Waals surface area contributed by atoms with E-state index in [1.807, 2.05) is 47.4 Å². The number of hydrogen-bond donors (Lipinski definition) is 2. The molecule has 176 valence electrons. The summed E-state index contributed by atoms with van der Waals surface area (Å²) >= 11 is 0. The third-order valence-electron chi connectivity index (χ3n) is 6.06. The van der Waals surface area contributed by atoms with E-state index in [0.29, 0.717) is 26.2 Å². The molecule has 0 radical (unpaired) electrons. The van der Waals surface area contributed by atoms with Crippen LogP contribution in [0.3, 0.4) is 0 Å². The van der Waals surface area contributed by atoms with Crippen LogP contribution in [0.1, 0.15) is 5.56 Å². The van der Waals surface area contributed by atoms with Crippen LogP contribution in [0.4, 0.5) is 11.4 Å². The lowest BCUT2D eigenvalue weighted by molar-refractivity contribution is -0.384. The first-order valence-corrected chi connectivity index (χ1v) is 11.1. The van der Waals surface area contributed by atoms with Crippen molar-refractivity contribution in [3.8, 4) is 0 Å². The van der Waals surface area contributed by atoms with E-state index in [9.17, 15) is 24.8 Å². The Kier molecular flexibility index (Phi) is 7.03. The van der Waals surface area contributed by atoms with Gasteiger partial charge in [0.2, 0.25) is 11.8 Å². The van der Waals surface area contributed by atoms with Crippen molar-refractivity contribution in [2.45, 2.75) is 12.5 Å². The van der Waals surface area contributed by atoms with Gasteiger partial charge in [-0.25, -0.2) is 0 Å². The van der Waals surface area contributed by atoms with E-state index >= 15 is 0 Å². The van der Waals surface area contributed by atoms with Crippen molar-refractivity contribution >= 4 is 34.0 Å². The first kappa shape index (κ1) is 23.2. The van der Waals surface area contributed by atoms with Crippen molar-refractivity contribution in [1.29, 1.82) is 0 Å². The van der Waals surface area contributed by atoms with E-state index in [-0.39, 0.29) is 23.9 Å². The number of carbonyl (C=O) groups excluding carboxylic acids is 2. The molecule has 4 rings (SSSR count). The fourth-order valence-corrected chi connectivity index (χ4v) is 4.24. The van der Waals surface area contributed by atoms with E-state index < -0.39 is 17.6 Å². The minimum Gasteiger partial charge on any atom is -0.394 e. The van der Waals surface area contributed by atoms with Crippen LogP contribution in [0.15, 0.2) is 66.7 Å². The summed E-state index contributed by atoms with van der Waals surface area (Å²) in [4.78, 5) is 39.7. The van der Waals surface area contributed by atoms with Crippen LogP contribution in [0.2, 0.25) is 0 Å². The number of aliphatic hydroxyl groups is 1. The number of amides is 2. The maximum Gasteiger partial charge on any atom is 0.269 e. The van der Waals surface area contributed by atoms with Crippen LogP contribution in [0.5, 0.6) is 0 Å². The highest BCUT2D eigenvalue weighted by Gasteiger charge is 2.28. The van der Waals surface area contributed by atoms with Gasteiger partial charge in [-0.3, -0.25) is 19.7 Å². The van der Waals surface area contributed by atoms with Gasteiger partial charge in [0.15, 0.2) is 0 Å². The molecule has 0 aromatic heterocycles. The predicted molar refractivity (Wildman–Crippen MR) is 129 cm³/mol. The number of piperazine rings is 1. The van der Waals surface area contributed by atoms with E-state index in [1.165, 1.54) is 12.1 Å². The highest BCUT2D eigenvalue weighted by Crippen LogP contribution is 2.21. The van der Waals surface area contributed by atoms with Crippen molar-refractivity contribution in [2.75, 3.05) is 37.7 Å². The number of nitrogens with zero attached hydrogens (tertiary/aromatic N) is 3. The molecule has 0 bridgehead atoms. The molecule has 1 saturated heterocycles. The van der Waals surface area contributed by atoms with Crippen LogP contribution in [0.25, 0.3) is 10.8 Å². The molecule has 1 fully saturated rings. The molecule has 1 aliphatic heterocycles. The number of nitro groups is 1. The van der Waals surface area contributed by atoms with Crippen molar-refractivity contribution in [3.63, 3.8) is 0 Å². The zero-order valence-corrected chi connectivity index (χ0v) is 18.6. The summed E-state index contributed by atoms with van der Waals surface area (Å²) in [5, 5.41) is 25.3. The molecule has 2 N–H and O–H groups in total. The second-order valence-electron chi connectivity index (χ2n) is 8.20. The molecule has 0 unspecified atom stereocenters. The summed E-state index contributed by atoms with van der Waals surface area (Å²) in [5.41, 5.74) is 1.74. The molecule has 0 spiro atoms. The number of aliphatic hydroxyl groups excluding tert-OH is 1. The lowest BCUT2D eigenvalue weighted by atomic mass is 10.0. The first-order chi connectivity index (χ1) is 16.5. The fourth-order valence-electron chi connectivity index (χ4n) is 4.24. The molecule has 9 nitrogen and oxygen atoms in total. The maximum absolute atomic E-state index is 13.0. The number of hydrogen-bond acceptors (Lipinski definition) is 6. The topological polar surface area (TPSA) is 116 Å². The molecule has 2 amide bonds. The number of carbonyl (C=O) groups is 2. The minimum absolute atomic E-state index is 0.0302. The second-order valence-corrected chi connectivity index (χ2v) is 8.20. The number of nitrogens with one attached hydrogen (secondary N) is 1. The van der Waals surface area contributed by atoms with E-state index in [0.717, 1.165) is 22.0 Å². The monoisotopic (exact) mass is 462 g/mol. The zero-order valence-electron chi connectivity index (χ0n) is 18.6. The van der Waals surface area contributed by atoms with Crippen molar-refractivity contribution in [2.24, 2.45) is 0 Å². The SMILES string of the molecule is O=C(Cc1cccc2ccccc12)N[C@@H](CO)C(=O)N1CCN(c2ccc([N+](=O)[O-])cc2)CC1. The zero-order chi connectivity index (χ0) is 24.1. The van der Waals surface area contributed by atoms with Gasteiger partial charge in [0.1, 0.15) is 6.04 Å². The van der Waals surface area contributed by atoms with Crippen LogP contribution >= 0.6 is 0 Å². The Morgan fingerprint density at radius 1 is 0.971 bits per heavy atom. The Morgan fingerprint density at radius 3 is 2.32 bits per heavy atom. The number of non-ortho nitro benzene ring substituents is 1. The molecular weight excluding hydrogens is 436 g/mol. The van der Waals surface area contributed by atoms with Gasteiger partial charge >= 0.3 is 0 Å². The van der Waals surface area contributed by atoms with Crippen molar-refractivity contribution in [3.05, 3.63) is 82.4 Å². The van der Waals surface area contributed by atoms with Crippen molar-refractivity contribution in [1.82, 2.24) is 10.2 Å². The van der Waals surface area contributed by atoms with E-state index in [2.05, 4.69) is 5.32 Å². The Hall–Kier alpha value is -3.98.